The molecule has 2 aliphatic rings. The molecule has 3 rings (SSSR count). The number of carbonyl (C=O) groups excluding carboxylic acids is 1. The standard InChI is InChI=1S/C17H21Cl2NO3/c18-14-3-1-12(15(19)11-14)2-4-16(21)20-7-5-13(6-8-20)17-22-9-10-23-17/h1,3,11,13,17H,2,4-10H2. The predicted octanol–water partition coefficient (Wildman–Crippen LogP) is 3.54. The summed E-state index contributed by atoms with van der Waals surface area (Å²) in [7, 11) is 0. The largest absolute Gasteiger partial charge is 0.350 e. The van der Waals surface area contributed by atoms with E-state index in [0.29, 0.717) is 42.0 Å². The summed E-state index contributed by atoms with van der Waals surface area (Å²) in [5.74, 6) is 0.593. The van der Waals surface area contributed by atoms with E-state index in [9.17, 15) is 4.79 Å². The molecular formula is C17H21Cl2NO3. The summed E-state index contributed by atoms with van der Waals surface area (Å²) in [5, 5.41) is 1.24. The fraction of sp³-hybridized carbons (Fsp3) is 0.588. The summed E-state index contributed by atoms with van der Waals surface area (Å²) in [6.45, 7) is 2.93. The Balaban J connectivity index is 1.46. The van der Waals surface area contributed by atoms with Gasteiger partial charge in [-0.25, -0.2) is 0 Å². The molecule has 2 heterocycles. The van der Waals surface area contributed by atoms with Crippen LogP contribution in [0.25, 0.3) is 0 Å². The summed E-state index contributed by atoms with van der Waals surface area (Å²) in [5.41, 5.74) is 0.965. The third-order valence-corrected chi connectivity index (χ3v) is 5.14. The number of hydrogen-bond acceptors (Lipinski definition) is 3. The van der Waals surface area contributed by atoms with E-state index in [4.69, 9.17) is 32.7 Å². The zero-order valence-corrected chi connectivity index (χ0v) is 14.5. The van der Waals surface area contributed by atoms with Crippen LogP contribution in [0.2, 0.25) is 10.0 Å². The number of rotatable bonds is 4. The minimum absolute atomic E-state index is 0.0693. The van der Waals surface area contributed by atoms with E-state index in [2.05, 4.69) is 0 Å². The van der Waals surface area contributed by atoms with Gasteiger partial charge in [0.15, 0.2) is 6.29 Å². The van der Waals surface area contributed by atoms with Crippen LogP contribution in [-0.4, -0.2) is 43.4 Å². The molecule has 6 heteroatoms. The number of likely N-dealkylation sites (tertiary alicyclic amines) is 1. The highest BCUT2D eigenvalue weighted by Crippen LogP contribution is 2.27. The number of benzene rings is 1. The van der Waals surface area contributed by atoms with Gasteiger partial charge in [0.05, 0.1) is 13.2 Å². The number of halogens is 2. The van der Waals surface area contributed by atoms with Gasteiger partial charge in [-0.1, -0.05) is 29.3 Å². The number of piperidine rings is 1. The Morgan fingerprint density at radius 1 is 1.17 bits per heavy atom. The number of amides is 1. The molecule has 0 N–H and O–H groups in total. The highest BCUT2D eigenvalue weighted by molar-refractivity contribution is 6.35. The monoisotopic (exact) mass is 357 g/mol. The number of hydrogen-bond donors (Lipinski definition) is 0. The zero-order chi connectivity index (χ0) is 16.2. The van der Waals surface area contributed by atoms with Crippen molar-refractivity contribution in [2.75, 3.05) is 26.3 Å². The smallest absolute Gasteiger partial charge is 0.222 e. The molecule has 0 spiro atoms. The van der Waals surface area contributed by atoms with Crippen molar-refractivity contribution in [2.45, 2.75) is 32.0 Å². The highest BCUT2D eigenvalue weighted by Gasteiger charge is 2.31. The molecule has 2 saturated heterocycles. The lowest BCUT2D eigenvalue weighted by Gasteiger charge is -2.34. The quantitative estimate of drug-likeness (QED) is 0.827. The fourth-order valence-corrected chi connectivity index (χ4v) is 3.70. The van der Waals surface area contributed by atoms with Gasteiger partial charge >= 0.3 is 0 Å². The van der Waals surface area contributed by atoms with Gasteiger partial charge in [0.1, 0.15) is 0 Å². The molecule has 0 saturated carbocycles. The minimum atomic E-state index is -0.0693. The first kappa shape index (κ1) is 17.0. The minimum Gasteiger partial charge on any atom is -0.350 e. The molecule has 4 nitrogen and oxygen atoms in total. The molecule has 0 bridgehead atoms. The Kier molecular flexibility index (Phi) is 5.81. The Hall–Kier alpha value is -0.810. The molecule has 23 heavy (non-hydrogen) atoms. The summed E-state index contributed by atoms with van der Waals surface area (Å²) < 4.78 is 11.1. The van der Waals surface area contributed by atoms with Crippen LogP contribution in [0.3, 0.4) is 0 Å². The molecule has 1 aromatic carbocycles. The lowest BCUT2D eigenvalue weighted by atomic mass is 9.95. The maximum absolute atomic E-state index is 12.4. The molecule has 0 atom stereocenters. The lowest BCUT2D eigenvalue weighted by Crippen LogP contribution is -2.41. The van der Waals surface area contributed by atoms with Crippen LogP contribution < -0.4 is 0 Å². The molecule has 0 unspecified atom stereocenters. The van der Waals surface area contributed by atoms with Gasteiger partial charge in [-0.15, -0.1) is 0 Å². The van der Waals surface area contributed by atoms with Crippen LogP contribution in [0.5, 0.6) is 0 Å². The van der Waals surface area contributed by atoms with Gasteiger partial charge in [0.2, 0.25) is 5.91 Å². The number of nitrogens with zero attached hydrogens (tertiary/aromatic N) is 1. The van der Waals surface area contributed by atoms with Gasteiger partial charge < -0.3 is 14.4 Å². The van der Waals surface area contributed by atoms with Crippen LogP contribution in [-0.2, 0) is 20.7 Å². The van der Waals surface area contributed by atoms with E-state index in [-0.39, 0.29) is 12.2 Å². The normalized spacial score (nSPS) is 20.2. The van der Waals surface area contributed by atoms with Crippen LogP contribution in [0.1, 0.15) is 24.8 Å². The maximum atomic E-state index is 12.4. The van der Waals surface area contributed by atoms with E-state index in [1.54, 1.807) is 12.1 Å². The topological polar surface area (TPSA) is 38.8 Å². The summed E-state index contributed by atoms with van der Waals surface area (Å²) in [4.78, 5) is 14.3. The van der Waals surface area contributed by atoms with Crippen molar-refractivity contribution in [1.29, 1.82) is 0 Å². The van der Waals surface area contributed by atoms with Crippen molar-refractivity contribution in [3.05, 3.63) is 33.8 Å². The SMILES string of the molecule is O=C(CCc1ccc(Cl)cc1Cl)N1CCC(C2OCCO2)CC1. The van der Waals surface area contributed by atoms with Crippen LogP contribution >= 0.6 is 23.2 Å². The second kappa shape index (κ2) is 7.84. The van der Waals surface area contributed by atoms with E-state index in [0.717, 1.165) is 31.5 Å². The number of ether oxygens (including phenoxy) is 2. The third-order valence-electron chi connectivity index (χ3n) is 4.55. The van der Waals surface area contributed by atoms with E-state index < -0.39 is 0 Å². The Labute approximate surface area is 146 Å². The molecule has 1 amide bonds. The average Bonchev–Trinajstić information content (AvgIpc) is 3.08. The first-order chi connectivity index (χ1) is 11.1. The Bertz CT molecular complexity index is 553. The molecule has 126 valence electrons. The zero-order valence-electron chi connectivity index (χ0n) is 13.0. The first-order valence-electron chi connectivity index (χ1n) is 8.08. The molecule has 2 fully saturated rings. The molecule has 0 radical (unpaired) electrons. The lowest BCUT2D eigenvalue weighted by molar-refractivity contribution is -0.136. The van der Waals surface area contributed by atoms with Gasteiger partial charge in [-0.3, -0.25) is 4.79 Å². The van der Waals surface area contributed by atoms with Gasteiger partial charge in [-0.05, 0) is 37.0 Å². The fourth-order valence-electron chi connectivity index (χ4n) is 3.19. The molecule has 1 aromatic rings. The Morgan fingerprint density at radius 2 is 1.87 bits per heavy atom. The van der Waals surface area contributed by atoms with E-state index in [1.165, 1.54) is 0 Å². The first-order valence-corrected chi connectivity index (χ1v) is 8.84. The second-order valence-corrected chi connectivity index (χ2v) is 6.91. The van der Waals surface area contributed by atoms with Crippen molar-refractivity contribution in [3.8, 4) is 0 Å². The van der Waals surface area contributed by atoms with Crippen molar-refractivity contribution in [2.24, 2.45) is 5.92 Å². The predicted molar refractivity (Wildman–Crippen MR) is 89.8 cm³/mol. The average molecular weight is 358 g/mol. The Morgan fingerprint density at radius 3 is 2.52 bits per heavy atom. The maximum Gasteiger partial charge on any atom is 0.222 e. The summed E-state index contributed by atoms with van der Waals surface area (Å²) in [6.07, 6.45) is 2.93. The van der Waals surface area contributed by atoms with E-state index in [1.807, 2.05) is 11.0 Å². The van der Waals surface area contributed by atoms with Crippen molar-refractivity contribution < 1.29 is 14.3 Å². The van der Waals surface area contributed by atoms with E-state index >= 15 is 0 Å². The van der Waals surface area contributed by atoms with Gasteiger partial charge in [-0.2, -0.15) is 0 Å². The van der Waals surface area contributed by atoms with Crippen LogP contribution in [0, 0.1) is 5.92 Å². The number of aryl methyl sites for hydroxylation is 1. The van der Waals surface area contributed by atoms with Gasteiger partial charge in [0, 0.05) is 35.5 Å². The van der Waals surface area contributed by atoms with Crippen LogP contribution in [0.4, 0.5) is 0 Å². The van der Waals surface area contributed by atoms with Crippen molar-refractivity contribution >= 4 is 29.1 Å². The third kappa shape index (κ3) is 4.38. The molecule has 0 aliphatic carbocycles. The second-order valence-electron chi connectivity index (χ2n) is 6.06. The van der Waals surface area contributed by atoms with Gasteiger partial charge in [0.25, 0.3) is 0 Å². The highest BCUT2D eigenvalue weighted by atomic mass is 35.5. The summed E-state index contributed by atoms with van der Waals surface area (Å²) in [6, 6.07) is 5.41. The molecular weight excluding hydrogens is 337 g/mol. The summed E-state index contributed by atoms with van der Waals surface area (Å²) >= 11 is 12.0. The van der Waals surface area contributed by atoms with Crippen molar-refractivity contribution in [3.63, 3.8) is 0 Å². The van der Waals surface area contributed by atoms with Crippen LogP contribution in [0.15, 0.2) is 18.2 Å². The number of carbonyl (C=O) groups is 1. The molecule has 2 aliphatic heterocycles. The molecule has 0 aromatic heterocycles. The van der Waals surface area contributed by atoms with Crippen molar-refractivity contribution in [1.82, 2.24) is 4.90 Å².